The zero-order chi connectivity index (χ0) is 34.6. The molecule has 14 nitrogen and oxygen atoms in total. The summed E-state index contributed by atoms with van der Waals surface area (Å²) in [4.78, 5) is 56.8. The van der Waals surface area contributed by atoms with Gasteiger partial charge in [-0.25, -0.2) is 9.59 Å². The number of rotatable bonds is 8. The van der Waals surface area contributed by atoms with Crippen molar-refractivity contribution < 1.29 is 59.3 Å². The minimum atomic E-state index is -1.46. The van der Waals surface area contributed by atoms with E-state index in [1.165, 1.54) is 74.9 Å². The van der Waals surface area contributed by atoms with E-state index in [9.17, 15) is 49.8 Å². The van der Waals surface area contributed by atoms with Gasteiger partial charge in [0, 0.05) is 0 Å². The maximum Gasteiger partial charge on any atom is 0.337 e. The highest BCUT2D eigenvalue weighted by atomic mass is 16.5. The van der Waals surface area contributed by atoms with Crippen LogP contribution in [0.3, 0.4) is 0 Å². The normalized spacial score (nSPS) is 20.1. The summed E-state index contributed by atoms with van der Waals surface area (Å²) in [5.41, 5.74) is -0.577. The van der Waals surface area contributed by atoms with Gasteiger partial charge < -0.3 is 49.9 Å². The highest BCUT2D eigenvalue weighted by Crippen LogP contribution is 2.58. The van der Waals surface area contributed by atoms with Gasteiger partial charge in [-0.1, -0.05) is 12.1 Å². The second kappa shape index (κ2) is 11.7. The Balaban J connectivity index is 1.65. The molecule has 6 N–H and O–H groups in total. The molecular formula is C34H28N2O12. The van der Waals surface area contributed by atoms with Crippen LogP contribution in [0.1, 0.15) is 43.9 Å². The number of carboxylic acids is 2. The Morgan fingerprint density at radius 1 is 0.583 bits per heavy atom. The van der Waals surface area contributed by atoms with Crippen molar-refractivity contribution in [2.75, 3.05) is 24.0 Å². The maximum absolute atomic E-state index is 14.8. The molecule has 246 valence electrons. The van der Waals surface area contributed by atoms with Crippen molar-refractivity contribution in [3.8, 4) is 34.5 Å². The summed E-state index contributed by atoms with van der Waals surface area (Å²) in [5.74, 6) is -8.17. The first-order chi connectivity index (χ1) is 22.9. The highest BCUT2D eigenvalue weighted by molar-refractivity contribution is 6.14. The summed E-state index contributed by atoms with van der Waals surface area (Å²) >= 11 is 0. The number of amides is 2. The molecule has 0 unspecified atom stereocenters. The van der Waals surface area contributed by atoms with Crippen molar-refractivity contribution in [3.05, 3.63) is 95.1 Å². The third-order valence-corrected chi connectivity index (χ3v) is 8.70. The lowest BCUT2D eigenvalue weighted by atomic mass is 9.83. The van der Waals surface area contributed by atoms with Crippen LogP contribution in [-0.2, 0) is 9.59 Å². The van der Waals surface area contributed by atoms with Crippen LogP contribution in [-0.4, -0.2) is 68.6 Å². The fourth-order valence-electron chi connectivity index (χ4n) is 6.70. The summed E-state index contributed by atoms with van der Waals surface area (Å²) in [6.45, 7) is 0. The van der Waals surface area contributed by atoms with Crippen molar-refractivity contribution in [1.82, 2.24) is 0 Å². The zero-order valence-corrected chi connectivity index (χ0v) is 25.3. The third-order valence-electron chi connectivity index (χ3n) is 8.70. The van der Waals surface area contributed by atoms with E-state index in [1.54, 1.807) is 0 Å². The Kier molecular flexibility index (Phi) is 7.71. The lowest BCUT2D eigenvalue weighted by Crippen LogP contribution is -2.39. The van der Waals surface area contributed by atoms with Gasteiger partial charge in [0.15, 0.2) is 23.0 Å². The van der Waals surface area contributed by atoms with E-state index in [1.807, 2.05) is 0 Å². The SMILES string of the molecule is COc1cc([C@@H]2[C@H]3C(=O)N(c4ccc(O)cc4C(=O)O)[C@H](c4ccc(O)c(OC)c4)[C@H]3C(=O)N2c2ccc(O)cc2C(=O)O)ccc1O. The number of phenols is 4. The number of aromatic hydroxyl groups is 4. The van der Waals surface area contributed by atoms with Gasteiger partial charge in [-0.3, -0.25) is 9.59 Å². The monoisotopic (exact) mass is 656 g/mol. The molecule has 0 bridgehead atoms. The van der Waals surface area contributed by atoms with E-state index < -0.39 is 58.8 Å². The molecule has 6 rings (SSSR count). The average molecular weight is 657 g/mol. The Labute approximate surface area is 271 Å². The molecule has 4 atom stereocenters. The molecule has 4 aromatic carbocycles. The Morgan fingerprint density at radius 3 is 1.29 bits per heavy atom. The number of hydrogen-bond donors (Lipinski definition) is 6. The maximum atomic E-state index is 14.8. The van der Waals surface area contributed by atoms with Gasteiger partial charge in [-0.15, -0.1) is 0 Å². The second-order valence-corrected chi connectivity index (χ2v) is 11.2. The van der Waals surface area contributed by atoms with Crippen LogP contribution in [0.4, 0.5) is 11.4 Å². The molecule has 4 aromatic rings. The number of methoxy groups -OCH3 is 2. The van der Waals surface area contributed by atoms with Crippen molar-refractivity contribution in [2.45, 2.75) is 12.1 Å². The molecule has 2 heterocycles. The van der Waals surface area contributed by atoms with Crippen LogP contribution in [0, 0.1) is 11.8 Å². The van der Waals surface area contributed by atoms with Crippen LogP contribution in [0.2, 0.25) is 0 Å². The van der Waals surface area contributed by atoms with E-state index in [0.29, 0.717) is 0 Å². The minimum absolute atomic E-state index is 0.00124. The topological polar surface area (TPSA) is 215 Å². The molecule has 0 aliphatic carbocycles. The molecular weight excluding hydrogens is 628 g/mol. The molecule has 14 heteroatoms. The van der Waals surface area contributed by atoms with E-state index >= 15 is 0 Å². The van der Waals surface area contributed by atoms with Gasteiger partial charge in [0.25, 0.3) is 0 Å². The first kappa shape index (κ1) is 31.5. The lowest BCUT2D eigenvalue weighted by Gasteiger charge is -2.33. The number of fused-ring (bicyclic) bond motifs is 1. The summed E-state index contributed by atoms with van der Waals surface area (Å²) in [6, 6.07) is 12.6. The number of phenolic OH excluding ortho intramolecular Hbond substituents is 4. The van der Waals surface area contributed by atoms with Crippen LogP contribution in [0.5, 0.6) is 34.5 Å². The molecule has 2 aliphatic rings. The Morgan fingerprint density at radius 2 is 0.958 bits per heavy atom. The van der Waals surface area contributed by atoms with Crippen LogP contribution in [0.15, 0.2) is 72.8 Å². The van der Waals surface area contributed by atoms with Gasteiger partial charge in [0.05, 0.1) is 60.6 Å². The number of carbonyl (C=O) groups is 4. The summed E-state index contributed by atoms with van der Waals surface area (Å²) < 4.78 is 10.6. The Bertz CT molecular complexity index is 1870. The minimum Gasteiger partial charge on any atom is -0.508 e. The number of hydrogen-bond acceptors (Lipinski definition) is 10. The second-order valence-electron chi connectivity index (χ2n) is 11.2. The van der Waals surface area contributed by atoms with Crippen molar-refractivity contribution >= 4 is 35.1 Å². The lowest BCUT2D eigenvalue weighted by molar-refractivity contribution is -0.124. The number of carbonyl (C=O) groups excluding carboxylic acids is 2. The molecule has 0 radical (unpaired) electrons. The fraction of sp³-hybridized carbons (Fsp3) is 0.176. The fourth-order valence-corrected chi connectivity index (χ4v) is 6.70. The van der Waals surface area contributed by atoms with Crippen LogP contribution >= 0.6 is 0 Å². The van der Waals surface area contributed by atoms with Gasteiger partial charge in [-0.2, -0.15) is 0 Å². The molecule has 0 spiro atoms. The van der Waals surface area contributed by atoms with Crippen LogP contribution < -0.4 is 19.3 Å². The number of benzene rings is 4. The predicted octanol–water partition coefficient (Wildman–Crippen LogP) is 4.03. The molecule has 2 saturated heterocycles. The van der Waals surface area contributed by atoms with Gasteiger partial charge in [0.1, 0.15) is 11.5 Å². The molecule has 48 heavy (non-hydrogen) atoms. The first-order valence-electron chi connectivity index (χ1n) is 14.4. The highest BCUT2D eigenvalue weighted by Gasteiger charge is 2.64. The molecule has 0 saturated carbocycles. The zero-order valence-electron chi connectivity index (χ0n) is 25.3. The number of anilines is 2. The third kappa shape index (κ3) is 4.90. The quantitative estimate of drug-likeness (QED) is 0.159. The molecule has 0 aromatic heterocycles. The first-order valence-corrected chi connectivity index (χ1v) is 14.4. The van der Waals surface area contributed by atoms with Crippen molar-refractivity contribution in [3.63, 3.8) is 0 Å². The van der Waals surface area contributed by atoms with Crippen LogP contribution in [0.25, 0.3) is 0 Å². The molecule has 2 amide bonds. The largest absolute Gasteiger partial charge is 0.508 e. The van der Waals surface area contributed by atoms with E-state index in [2.05, 4.69) is 0 Å². The smallest absolute Gasteiger partial charge is 0.337 e. The molecule has 2 aliphatic heterocycles. The van der Waals surface area contributed by atoms with Crippen molar-refractivity contribution in [1.29, 1.82) is 0 Å². The summed E-state index contributed by atoms with van der Waals surface area (Å²) in [6.07, 6.45) is 0. The standard InChI is InChI=1S/C34H28N2O12/c1-47-25-11-15(3-9-23(25)39)29-27-28(32(42)35(29)21-7-5-17(37)13-19(21)33(43)44)30(16-4-10-24(40)26(12-16)48-2)36(31(27)41)22-8-6-18(38)14-20(22)34(45)46/h3-14,27-30,37-40H,1-2H3,(H,43,44)(H,45,46)/t27-,28-,29+,30+/m0/s1. The van der Waals surface area contributed by atoms with Crippen molar-refractivity contribution in [2.24, 2.45) is 11.8 Å². The molecule has 2 fully saturated rings. The Hall–Kier alpha value is -6.44. The summed E-state index contributed by atoms with van der Waals surface area (Å²) in [5, 5.41) is 61.1. The summed E-state index contributed by atoms with van der Waals surface area (Å²) in [7, 11) is 2.60. The number of ether oxygens (including phenoxy) is 2. The number of aromatic carboxylic acids is 2. The predicted molar refractivity (Wildman–Crippen MR) is 167 cm³/mol. The van der Waals surface area contributed by atoms with Gasteiger partial charge in [0.2, 0.25) is 11.8 Å². The van der Waals surface area contributed by atoms with E-state index in [4.69, 9.17) is 9.47 Å². The number of nitrogens with zero attached hydrogens (tertiary/aromatic N) is 2. The average Bonchev–Trinajstić information content (AvgIpc) is 3.52. The van der Waals surface area contributed by atoms with Gasteiger partial charge in [-0.05, 0) is 71.8 Å². The van der Waals surface area contributed by atoms with E-state index in [0.717, 1.165) is 21.9 Å². The number of carboxylic acid groups (broad SMARTS) is 2. The van der Waals surface area contributed by atoms with E-state index in [-0.39, 0.29) is 57.0 Å². The van der Waals surface area contributed by atoms with Gasteiger partial charge >= 0.3 is 11.9 Å².